The van der Waals surface area contributed by atoms with Gasteiger partial charge in [0.25, 0.3) is 0 Å². The van der Waals surface area contributed by atoms with E-state index in [0.29, 0.717) is 11.2 Å². The summed E-state index contributed by atoms with van der Waals surface area (Å²) in [6.45, 7) is 5.96. The lowest BCUT2D eigenvalue weighted by molar-refractivity contribution is 0.1000. The first-order valence-corrected chi connectivity index (χ1v) is 7.16. The van der Waals surface area contributed by atoms with Crippen molar-refractivity contribution in [3.05, 3.63) is 11.9 Å². The maximum absolute atomic E-state index is 5.52. The third-order valence-corrected chi connectivity index (χ3v) is 4.36. The molecule has 0 spiro atoms. The molecule has 0 amide bonds. The van der Waals surface area contributed by atoms with Gasteiger partial charge in [-0.1, -0.05) is 13.8 Å². The molecule has 2 heterocycles. The summed E-state index contributed by atoms with van der Waals surface area (Å²) in [5.41, 5.74) is 3.77. The van der Waals surface area contributed by atoms with Crippen LogP contribution in [0, 0.1) is 0 Å². The minimum absolute atomic E-state index is 0.347. The Morgan fingerprint density at radius 2 is 2.11 bits per heavy atom. The van der Waals surface area contributed by atoms with Gasteiger partial charge in [-0.05, 0) is 18.8 Å². The topological polar surface area (TPSA) is 73.1 Å². The molecule has 1 aromatic heterocycles. The standard InChI is InChI=1S/C12H20N4OS/c1-8(2)10-11(16-13)14-7-15-12(10)18-9-3-5-17-6-4-9/h7-9H,3-6,13H2,1-2H3,(H,14,15,16). The summed E-state index contributed by atoms with van der Waals surface area (Å²) < 4.78 is 5.38. The molecule has 1 fully saturated rings. The highest BCUT2D eigenvalue weighted by molar-refractivity contribution is 7.99. The van der Waals surface area contributed by atoms with E-state index in [1.807, 2.05) is 11.8 Å². The van der Waals surface area contributed by atoms with E-state index in [-0.39, 0.29) is 0 Å². The van der Waals surface area contributed by atoms with Crippen LogP contribution in [0.3, 0.4) is 0 Å². The normalized spacial score (nSPS) is 17.1. The average Bonchev–Trinajstić information content (AvgIpc) is 2.39. The second kappa shape index (κ2) is 6.36. The molecule has 1 saturated heterocycles. The maximum Gasteiger partial charge on any atom is 0.147 e. The molecule has 5 nitrogen and oxygen atoms in total. The highest BCUT2D eigenvalue weighted by Gasteiger charge is 2.20. The second-order valence-corrected chi connectivity index (χ2v) is 5.96. The molecule has 6 heteroatoms. The average molecular weight is 268 g/mol. The van der Waals surface area contributed by atoms with Gasteiger partial charge in [0.2, 0.25) is 0 Å². The number of hydrazine groups is 1. The van der Waals surface area contributed by atoms with Gasteiger partial charge in [-0.2, -0.15) is 0 Å². The number of hydrogen-bond acceptors (Lipinski definition) is 6. The van der Waals surface area contributed by atoms with E-state index in [9.17, 15) is 0 Å². The van der Waals surface area contributed by atoms with E-state index in [1.54, 1.807) is 6.33 Å². The first-order valence-electron chi connectivity index (χ1n) is 6.28. The minimum atomic E-state index is 0.347. The molecular formula is C12H20N4OS. The minimum Gasteiger partial charge on any atom is -0.381 e. The Morgan fingerprint density at radius 1 is 1.39 bits per heavy atom. The number of nitrogen functional groups attached to an aromatic ring is 1. The molecule has 0 atom stereocenters. The van der Waals surface area contributed by atoms with Crippen LogP contribution >= 0.6 is 11.8 Å². The molecule has 0 aliphatic carbocycles. The van der Waals surface area contributed by atoms with Gasteiger partial charge in [0.15, 0.2) is 0 Å². The van der Waals surface area contributed by atoms with Crippen LogP contribution in [0.15, 0.2) is 11.4 Å². The van der Waals surface area contributed by atoms with Gasteiger partial charge in [-0.25, -0.2) is 15.8 Å². The van der Waals surface area contributed by atoms with E-state index in [2.05, 4.69) is 29.2 Å². The predicted octanol–water partition coefficient (Wildman–Crippen LogP) is 2.16. The molecular weight excluding hydrogens is 248 g/mol. The lowest BCUT2D eigenvalue weighted by Crippen LogP contribution is -2.18. The summed E-state index contributed by atoms with van der Waals surface area (Å²) in [4.78, 5) is 8.61. The van der Waals surface area contributed by atoms with Crippen LogP contribution in [0.1, 0.15) is 38.2 Å². The summed E-state index contributed by atoms with van der Waals surface area (Å²) in [5.74, 6) is 6.60. The van der Waals surface area contributed by atoms with E-state index in [0.717, 1.165) is 42.5 Å². The molecule has 1 aliphatic heterocycles. The fourth-order valence-electron chi connectivity index (χ4n) is 2.06. The third-order valence-electron chi connectivity index (χ3n) is 3.01. The number of aromatic nitrogens is 2. The highest BCUT2D eigenvalue weighted by Crippen LogP contribution is 2.35. The highest BCUT2D eigenvalue weighted by atomic mass is 32.2. The zero-order valence-corrected chi connectivity index (χ0v) is 11.7. The van der Waals surface area contributed by atoms with Crippen molar-refractivity contribution < 1.29 is 4.74 Å². The van der Waals surface area contributed by atoms with E-state index in [1.165, 1.54) is 0 Å². The van der Waals surface area contributed by atoms with Crippen LogP contribution in [-0.2, 0) is 4.74 Å². The van der Waals surface area contributed by atoms with E-state index in [4.69, 9.17) is 10.6 Å². The SMILES string of the molecule is CC(C)c1c(NN)ncnc1SC1CCOCC1. The summed E-state index contributed by atoms with van der Waals surface area (Å²) in [5, 5.41) is 1.62. The maximum atomic E-state index is 5.52. The number of rotatable bonds is 4. The van der Waals surface area contributed by atoms with Crippen molar-refractivity contribution in [3.63, 3.8) is 0 Å². The van der Waals surface area contributed by atoms with Gasteiger partial charge in [0, 0.05) is 24.0 Å². The molecule has 0 unspecified atom stereocenters. The Balaban J connectivity index is 2.20. The van der Waals surface area contributed by atoms with Crippen LogP contribution in [0.4, 0.5) is 5.82 Å². The molecule has 0 aromatic carbocycles. The number of hydrogen-bond donors (Lipinski definition) is 2. The molecule has 18 heavy (non-hydrogen) atoms. The van der Waals surface area contributed by atoms with Crippen LogP contribution in [0.5, 0.6) is 0 Å². The predicted molar refractivity (Wildman–Crippen MR) is 73.6 cm³/mol. The number of ether oxygens (including phenoxy) is 1. The Kier molecular flexibility index (Phi) is 4.79. The number of nitrogens with one attached hydrogen (secondary N) is 1. The Labute approximate surface area is 112 Å². The van der Waals surface area contributed by atoms with Crippen molar-refractivity contribution in [1.82, 2.24) is 9.97 Å². The quantitative estimate of drug-likeness (QED) is 0.495. The molecule has 0 radical (unpaired) electrons. The zero-order chi connectivity index (χ0) is 13.0. The van der Waals surface area contributed by atoms with Crippen LogP contribution < -0.4 is 11.3 Å². The lowest BCUT2D eigenvalue weighted by atomic mass is 10.1. The zero-order valence-electron chi connectivity index (χ0n) is 10.8. The van der Waals surface area contributed by atoms with Gasteiger partial charge in [-0.15, -0.1) is 11.8 Å². The van der Waals surface area contributed by atoms with Crippen molar-refractivity contribution in [2.45, 2.75) is 42.9 Å². The summed E-state index contributed by atoms with van der Waals surface area (Å²) in [6, 6.07) is 0. The fourth-order valence-corrected chi connectivity index (χ4v) is 3.37. The Morgan fingerprint density at radius 3 is 2.72 bits per heavy atom. The summed E-state index contributed by atoms with van der Waals surface area (Å²) in [6.07, 6.45) is 3.73. The van der Waals surface area contributed by atoms with Crippen LogP contribution in [0.2, 0.25) is 0 Å². The molecule has 100 valence electrons. The van der Waals surface area contributed by atoms with Crippen LogP contribution in [0.25, 0.3) is 0 Å². The van der Waals surface area contributed by atoms with Crippen molar-refractivity contribution in [1.29, 1.82) is 0 Å². The number of anilines is 1. The van der Waals surface area contributed by atoms with Crippen molar-refractivity contribution in [2.75, 3.05) is 18.6 Å². The van der Waals surface area contributed by atoms with Gasteiger partial charge in [0.1, 0.15) is 17.2 Å². The van der Waals surface area contributed by atoms with Crippen molar-refractivity contribution >= 4 is 17.6 Å². The first kappa shape index (κ1) is 13.6. The lowest BCUT2D eigenvalue weighted by Gasteiger charge is -2.23. The summed E-state index contributed by atoms with van der Waals surface area (Å²) in [7, 11) is 0. The Bertz CT molecular complexity index is 394. The third kappa shape index (κ3) is 3.13. The van der Waals surface area contributed by atoms with E-state index >= 15 is 0 Å². The first-order chi connectivity index (χ1) is 8.72. The van der Waals surface area contributed by atoms with Crippen molar-refractivity contribution in [3.8, 4) is 0 Å². The number of thioether (sulfide) groups is 1. The number of nitrogens with two attached hydrogens (primary N) is 1. The fraction of sp³-hybridized carbons (Fsp3) is 0.667. The molecule has 3 N–H and O–H groups in total. The van der Waals surface area contributed by atoms with Gasteiger partial charge < -0.3 is 10.2 Å². The van der Waals surface area contributed by atoms with Crippen LogP contribution in [-0.4, -0.2) is 28.4 Å². The van der Waals surface area contributed by atoms with Gasteiger partial charge in [-0.3, -0.25) is 0 Å². The number of nitrogens with zero attached hydrogens (tertiary/aromatic N) is 2. The molecule has 1 aromatic rings. The van der Waals surface area contributed by atoms with E-state index < -0.39 is 0 Å². The molecule has 1 aliphatic rings. The Hall–Kier alpha value is -0.850. The molecule has 0 bridgehead atoms. The monoisotopic (exact) mass is 268 g/mol. The largest absolute Gasteiger partial charge is 0.381 e. The van der Waals surface area contributed by atoms with Gasteiger partial charge in [0.05, 0.1) is 0 Å². The second-order valence-electron chi connectivity index (χ2n) is 4.67. The van der Waals surface area contributed by atoms with Crippen molar-refractivity contribution in [2.24, 2.45) is 5.84 Å². The van der Waals surface area contributed by atoms with Gasteiger partial charge >= 0.3 is 0 Å². The summed E-state index contributed by atoms with van der Waals surface area (Å²) >= 11 is 1.82. The molecule has 0 saturated carbocycles. The molecule has 2 rings (SSSR count). The smallest absolute Gasteiger partial charge is 0.147 e.